The maximum absolute atomic E-state index is 11.4. The van der Waals surface area contributed by atoms with E-state index in [0.717, 1.165) is 48.0 Å². The van der Waals surface area contributed by atoms with Gasteiger partial charge in [0.15, 0.2) is 0 Å². The van der Waals surface area contributed by atoms with Crippen molar-refractivity contribution >= 4 is 33.2 Å². The molecule has 0 spiro atoms. The minimum absolute atomic E-state index is 0.121. The van der Waals surface area contributed by atoms with Crippen LogP contribution in [0.4, 0.5) is 11.6 Å². The second-order valence-corrected chi connectivity index (χ2v) is 6.42. The number of anilines is 2. The summed E-state index contributed by atoms with van der Waals surface area (Å²) in [5.74, 6) is 1.74. The molecule has 0 radical (unpaired) electrons. The number of hydrogen-bond acceptors (Lipinski definition) is 7. The van der Waals surface area contributed by atoms with Gasteiger partial charge >= 0.3 is 0 Å². The Morgan fingerprint density at radius 2 is 1.91 bits per heavy atom. The van der Waals surface area contributed by atoms with Gasteiger partial charge in [0, 0.05) is 32.2 Å². The van der Waals surface area contributed by atoms with E-state index in [9.17, 15) is 4.79 Å². The smallest absolute Gasteiger partial charge is 0.252 e. The fourth-order valence-corrected chi connectivity index (χ4v) is 3.88. The van der Waals surface area contributed by atoms with Gasteiger partial charge in [0.1, 0.15) is 18.0 Å². The summed E-state index contributed by atoms with van der Waals surface area (Å²) in [6.45, 7) is 5.39. The third kappa shape index (κ3) is 2.55. The van der Waals surface area contributed by atoms with Crippen LogP contribution in [0.3, 0.4) is 0 Å². The standard InChI is InChI=1S/C15H16N6OS/c1-10-7-23-14-13(10)18-9-19-15(14)21-4-2-20(3-5-21)11-6-12(22)17-8-16-11/h6-9H,2-5H2,1H3,(H,16,17,22). The fraction of sp³-hybridized carbons (Fsp3) is 0.333. The van der Waals surface area contributed by atoms with Crippen molar-refractivity contribution in [1.82, 2.24) is 19.9 Å². The van der Waals surface area contributed by atoms with E-state index in [2.05, 4.69) is 42.0 Å². The molecule has 1 N–H and O–H groups in total. The maximum Gasteiger partial charge on any atom is 0.252 e. The molecule has 0 amide bonds. The van der Waals surface area contributed by atoms with Crippen molar-refractivity contribution in [2.75, 3.05) is 36.0 Å². The van der Waals surface area contributed by atoms with Crippen molar-refractivity contribution in [3.05, 3.63) is 40.0 Å². The van der Waals surface area contributed by atoms with Crippen molar-refractivity contribution in [2.24, 2.45) is 0 Å². The summed E-state index contributed by atoms with van der Waals surface area (Å²) in [4.78, 5) is 31.5. The summed E-state index contributed by atoms with van der Waals surface area (Å²) in [5, 5.41) is 2.12. The van der Waals surface area contributed by atoms with E-state index in [1.165, 1.54) is 11.9 Å². The summed E-state index contributed by atoms with van der Waals surface area (Å²) in [6.07, 6.45) is 3.09. The number of aryl methyl sites for hydroxylation is 1. The molecule has 23 heavy (non-hydrogen) atoms. The number of nitrogens with one attached hydrogen (secondary N) is 1. The van der Waals surface area contributed by atoms with Gasteiger partial charge in [0.2, 0.25) is 0 Å². The third-order valence-electron chi connectivity index (χ3n) is 4.08. The van der Waals surface area contributed by atoms with Gasteiger partial charge in [-0.05, 0) is 17.9 Å². The van der Waals surface area contributed by atoms with E-state index in [0.29, 0.717) is 0 Å². The molecule has 1 fully saturated rings. The molecule has 0 bridgehead atoms. The largest absolute Gasteiger partial charge is 0.353 e. The number of thiophene rings is 1. The first-order chi connectivity index (χ1) is 11.2. The lowest BCUT2D eigenvalue weighted by Crippen LogP contribution is -2.47. The molecular formula is C15H16N6OS. The fourth-order valence-electron chi connectivity index (χ4n) is 2.86. The average Bonchev–Trinajstić information content (AvgIpc) is 2.97. The van der Waals surface area contributed by atoms with E-state index >= 15 is 0 Å². The number of rotatable bonds is 2. The molecule has 0 unspecified atom stereocenters. The second kappa shape index (κ2) is 5.62. The predicted octanol–water partition coefficient (Wildman–Crippen LogP) is 1.41. The summed E-state index contributed by atoms with van der Waals surface area (Å²) in [5.41, 5.74) is 2.11. The predicted molar refractivity (Wildman–Crippen MR) is 91.4 cm³/mol. The van der Waals surface area contributed by atoms with Crippen LogP contribution < -0.4 is 15.4 Å². The average molecular weight is 328 g/mol. The number of aromatic nitrogens is 4. The number of H-pyrrole nitrogens is 1. The molecule has 3 aromatic rings. The van der Waals surface area contributed by atoms with Crippen molar-refractivity contribution in [2.45, 2.75) is 6.92 Å². The molecule has 4 rings (SSSR count). The van der Waals surface area contributed by atoms with Crippen LogP contribution >= 0.6 is 11.3 Å². The number of aromatic amines is 1. The molecule has 7 nitrogen and oxygen atoms in total. The molecule has 1 aliphatic heterocycles. The molecule has 4 heterocycles. The maximum atomic E-state index is 11.4. The Balaban J connectivity index is 1.56. The van der Waals surface area contributed by atoms with Crippen LogP contribution in [0.15, 0.2) is 28.9 Å². The van der Waals surface area contributed by atoms with Crippen molar-refractivity contribution in [3.63, 3.8) is 0 Å². The van der Waals surface area contributed by atoms with Gasteiger partial charge in [0.25, 0.3) is 5.56 Å². The highest BCUT2D eigenvalue weighted by atomic mass is 32.1. The first kappa shape index (κ1) is 14.1. The summed E-state index contributed by atoms with van der Waals surface area (Å²) in [6, 6.07) is 1.54. The van der Waals surface area contributed by atoms with Crippen molar-refractivity contribution in [1.29, 1.82) is 0 Å². The summed E-state index contributed by atoms with van der Waals surface area (Å²) >= 11 is 1.70. The molecule has 0 saturated carbocycles. The highest BCUT2D eigenvalue weighted by Gasteiger charge is 2.21. The second-order valence-electron chi connectivity index (χ2n) is 5.54. The van der Waals surface area contributed by atoms with Gasteiger partial charge in [-0.25, -0.2) is 15.0 Å². The van der Waals surface area contributed by atoms with Gasteiger partial charge in [-0.15, -0.1) is 11.3 Å². The molecule has 118 valence electrons. The zero-order valence-corrected chi connectivity index (χ0v) is 13.5. The lowest BCUT2D eigenvalue weighted by molar-refractivity contribution is 0.642. The van der Waals surface area contributed by atoms with Gasteiger partial charge in [-0.2, -0.15) is 0 Å². The highest BCUT2D eigenvalue weighted by molar-refractivity contribution is 7.18. The Hall–Kier alpha value is -2.48. The monoisotopic (exact) mass is 328 g/mol. The molecular weight excluding hydrogens is 312 g/mol. The lowest BCUT2D eigenvalue weighted by Gasteiger charge is -2.35. The van der Waals surface area contributed by atoms with Crippen molar-refractivity contribution in [3.8, 4) is 0 Å². The van der Waals surface area contributed by atoms with Crippen LogP contribution in [0, 0.1) is 6.92 Å². The van der Waals surface area contributed by atoms with E-state index in [4.69, 9.17) is 0 Å². The molecule has 0 atom stereocenters. The SMILES string of the molecule is Cc1csc2c(N3CCN(c4cc(=O)[nH]cn4)CC3)ncnc12. The van der Waals surface area contributed by atoms with Gasteiger partial charge < -0.3 is 14.8 Å². The Bertz CT molecular complexity index is 896. The van der Waals surface area contributed by atoms with E-state index in [1.807, 2.05) is 0 Å². The van der Waals surface area contributed by atoms with Gasteiger partial charge in [-0.3, -0.25) is 4.79 Å². The summed E-state index contributed by atoms with van der Waals surface area (Å²) < 4.78 is 1.15. The quantitative estimate of drug-likeness (QED) is 0.766. The lowest BCUT2D eigenvalue weighted by atomic mass is 10.2. The van der Waals surface area contributed by atoms with Crippen LogP contribution in [0.1, 0.15) is 5.56 Å². The highest BCUT2D eigenvalue weighted by Crippen LogP contribution is 2.31. The minimum atomic E-state index is -0.121. The van der Waals surface area contributed by atoms with Crippen LogP contribution in [0.5, 0.6) is 0 Å². The molecule has 0 aliphatic carbocycles. The normalized spacial score (nSPS) is 15.3. The Labute approximate surface area is 136 Å². The van der Waals surface area contributed by atoms with Crippen LogP contribution in [0.2, 0.25) is 0 Å². The zero-order chi connectivity index (χ0) is 15.8. The van der Waals surface area contributed by atoms with Crippen molar-refractivity contribution < 1.29 is 0 Å². The minimum Gasteiger partial charge on any atom is -0.353 e. The third-order valence-corrected chi connectivity index (χ3v) is 5.16. The number of nitrogens with zero attached hydrogens (tertiary/aromatic N) is 5. The van der Waals surface area contributed by atoms with Gasteiger partial charge in [-0.1, -0.05) is 0 Å². The number of hydrogen-bond donors (Lipinski definition) is 1. The van der Waals surface area contributed by atoms with Crippen LogP contribution in [-0.4, -0.2) is 46.1 Å². The Morgan fingerprint density at radius 1 is 1.13 bits per heavy atom. The topological polar surface area (TPSA) is 78.0 Å². The van der Waals surface area contributed by atoms with E-state index < -0.39 is 0 Å². The van der Waals surface area contributed by atoms with Crippen LogP contribution in [0.25, 0.3) is 10.2 Å². The molecule has 3 aromatic heterocycles. The molecule has 8 heteroatoms. The molecule has 0 aromatic carbocycles. The van der Waals surface area contributed by atoms with Crippen LogP contribution in [-0.2, 0) is 0 Å². The van der Waals surface area contributed by atoms with E-state index in [1.54, 1.807) is 23.7 Å². The molecule has 1 aliphatic rings. The Kier molecular flexibility index (Phi) is 3.45. The number of piperazine rings is 1. The summed E-state index contributed by atoms with van der Waals surface area (Å²) in [7, 11) is 0. The first-order valence-corrected chi connectivity index (χ1v) is 8.34. The first-order valence-electron chi connectivity index (χ1n) is 7.46. The number of fused-ring (bicyclic) bond motifs is 1. The Morgan fingerprint density at radius 3 is 2.70 bits per heavy atom. The van der Waals surface area contributed by atoms with Gasteiger partial charge in [0.05, 0.1) is 16.5 Å². The van der Waals surface area contributed by atoms with E-state index in [-0.39, 0.29) is 5.56 Å². The zero-order valence-electron chi connectivity index (χ0n) is 12.7. The molecule has 1 saturated heterocycles.